The van der Waals surface area contributed by atoms with E-state index in [9.17, 15) is 0 Å². The molecule has 2 fully saturated rings. The highest BCUT2D eigenvalue weighted by Crippen LogP contribution is 2.49. The van der Waals surface area contributed by atoms with Crippen molar-refractivity contribution in [3.8, 4) is 0 Å². The van der Waals surface area contributed by atoms with Crippen molar-refractivity contribution in [3.05, 3.63) is 17.5 Å². The Morgan fingerprint density at radius 3 is 2.90 bits per heavy atom. The second kappa shape index (κ2) is 5.49. The first-order valence-electron chi connectivity index (χ1n) is 7.96. The summed E-state index contributed by atoms with van der Waals surface area (Å²) in [6.45, 7) is 4.13. The zero-order valence-electron chi connectivity index (χ0n) is 13.0. The van der Waals surface area contributed by atoms with E-state index in [1.807, 2.05) is 0 Å². The molecule has 0 spiro atoms. The van der Waals surface area contributed by atoms with Gasteiger partial charge in [0.25, 0.3) is 0 Å². The van der Waals surface area contributed by atoms with Gasteiger partial charge in [-0.25, -0.2) is 0 Å². The summed E-state index contributed by atoms with van der Waals surface area (Å²) in [5.74, 6) is 0.796. The van der Waals surface area contributed by atoms with Crippen LogP contribution in [0.2, 0.25) is 0 Å². The van der Waals surface area contributed by atoms with Crippen LogP contribution < -0.4 is 5.32 Å². The van der Waals surface area contributed by atoms with Crippen LogP contribution in [0, 0.1) is 11.3 Å². The third-order valence-electron chi connectivity index (χ3n) is 5.00. The molecule has 0 amide bonds. The fraction of sp³-hybridized carbons (Fsp3) is 0.812. The summed E-state index contributed by atoms with van der Waals surface area (Å²) in [4.78, 5) is 0. The van der Waals surface area contributed by atoms with E-state index in [1.54, 1.807) is 0 Å². The molecule has 1 aromatic rings. The lowest BCUT2D eigenvalue weighted by Gasteiger charge is -2.34. The van der Waals surface area contributed by atoms with E-state index >= 15 is 0 Å². The van der Waals surface area contributed by atoms with E-state index in [-0.39, 0.29) is 5.41 Å². The van der Waals surface area contributed by atoms with Crippen LogP contribution in [0.4, 0.5) is 0 Å². The number of nitrogens with zero attached hydrogens (tertiary/aromatic N) is 2. The van der Waals surface area contributed by atoms with Crippen molar-refractivity contribution >= 4 is 0 Å². The molecule has 2 heterocycles. The van der Waals surface area contributed by atoms with Crippen molar-refractivity contribution in [1.29, 1.82) is 0 Å². The summed E-state index contributed by atoms with van der Waals surface area (Å²) in [6, 6.07) is 2.28. The summed E-state index contributed by atoms with van der Waals surface area (Å²) in [5.41, 5.74) is 2.81. The molecule has 0 bridgehead atoms. The number of nitrogens with one attached hydrogen (secondary N) is 1. The highest BCUT2D eigenvalue weighted by molar-refractivity contribution is 5.15. The molecule has 1 aliphatic heterocycles. The first kappa shape index (κ1) is 14.1. The van der Waals surface area contributed by atoms with E-state index in [1.165, 1.54) is 30.7 Å². The van der Waals surface area contributed by atoms with Crippen molar-refractivity contribution in [2.24, 2.45) is 18.4 Å². The molecule has 2 unspecified atom stereocenters. The maximum atomic E-state index is 6.12. The molecule has 1 N–H and O–H groups in total. The molecule has 1 aliphatic carbocycles. The van der Waals surface area contributed by atoms with Gasteiger partial charge in [-0.1, -0.05) is 6.92 Å². The lowest BCUT2D eigenvalue weighted by molar-refractivity contribution is 0.0307. The Balaban J connectivity index is 1.84. The van der Waals surface area contributed by atoms with Gasteiger partial charge in [0.15, 0.2) is 0 Å². The maximum absolute atomic E-state index is 6.12. The van der Waals surface area contributed by atoms with Crippen LogP contribution in [0.1, 0.15) is 37.6 Å². The van der Waals surface area contributed by atoms with Gasteiger partial charge >= 0.3 is 0 Å². The Morgan fingerprint density at radius 1 is 1.50 bits per heavy atom. The minimum Gasteiger partial charge on any atom is -0.377 e. The fourth-order valence-electron chi connectivity index (χ4n) is 3.81. The molecular formula is C16H27N3O. The molecule has 4 heteroatoms. The van der Waals surface area contributed by atoms with Crippen LogP contribution in [0.25, 0.3) is 0 Å². The molecule has 2 atom stereocenters. The molecule has 1 saturated carbocycles. The zero-order valence-corrected chi connectivity index (χ0v) is 13.0. The first-order valence-corrected chi connectivity index (χ1v) is 7.96. The summed E-state index contributed by atoms with van der Waals surface area (Å²) in [5, 5.41) is 8.02. The number of rotatable bonds is 6. The predicted molar refractivity (Wildman–Crippen MR) is 79.7 cm³/mol. The highest BCUT2D eigenvalue weighted by Gasteiger charge is 2.50. The minimum absolute atomic E-state index is 0.259. The molecule has 2 aliphatic rings. The van der Waals surface area contributed by atoms with Crippen LogP contribution >= 0.6 is 0 Å². The van der Waals surface area contributed by atoms with Crippen LogP contribution in [0.15, 0.2) is 6.07 Å². The summed E-state index contributed by atoms with van der Waals surface area (Å²) >= 11 is 0. The van der Waals surface area contributed by atoms with Crippen molar-refractivity contribution < 1.29 is 4.74 Å². The molecule has 0 aromatic carbocycles. The lowest BCUT2D eigenvalue weighted by atomic mass is 9.75. The van der Waals surface area contributed by atoms with Gasteiger partial charge in [0.05, 0.1) is 11.8 Å². The number of aromatic nitrogens is 2. The van der Waals surface area contributed by atoms with Crippen molar-refractivity contribution in [2.45, 2.75) is 45.1 Å². The average Bonchev–Trinajstić information content (AvgIpc) is 3.10. The lowest BCUT2D eigenvalue weighted by Crippen LogP contribution is -2.43. The average molecular weight is 277 g/mol. The van der Waals surface area contributed by atoms with E-state index in [0.717, 1.165) is 31.9 Å². The Bertz CT molecular complexity index is 466. The van der Waals surface area contributed by atoms with Crippen molar-refractivity contribution in [3.63, 3.8) is 0 Å². The molecule has 0 radical (unpaired) electrons. The van der Waals surface area contributed by atoms with Gasteiger partial charge in [0, 0.05) is 31.3 Å². The predicted octanol–water partition coefficient (Wildman–Crippen LogP) is 1.93. The highest BCUT2D eigenvalue weighted by atomic mass is 16.5. The molecule has 3 rings (SSSR count). The van der Waals surface area contributed by atoms with Gasteiger partial charge < -0.3 is 10.1 Å². The van der Waals surface area contributed by atoms with Crippen LogP contribution in [0.3, 0.4) is 0 Å². The smallest absolute Gasteiger partial charge is 0.0676 e. The molecule has 1 saturated heterocycles. The van der Waals surface area contributed by atoms with E-state index < -0.39 is 0 Å². The Hall–Kier alpha value is -0.870. The normalized spacial score (nSPS) is 30.1. The van der Waals surface area contributed by atoms with Crippen LogP contribution in [0.5, 0.6) is 0 Å². The van der Waals surface area contributed by atoms with Crippen molar-refractivity contribution in [2.75, 3.05) is 20.2 Å². The van der Waals surface area contributed by atoms with Gasteiger partial charge in [0.2, 0.25) is 0 Å². The Kier molecular flexibility index (Phi) is 3.87. The van der Waals surface area contributed by atoms with Crippen LogP contribution in [-0.4, -0.2) is 36.1 Å². The molecule has 20 heavy (non-hydrogen) atoms. The van der Waals surface area contributed by atoms with E-state index in [0.29, 0.717) is 6.10 Å². The number of aryl methyl sites for hydroxylation is 2. The van der Waals surface area contributed by atoms with E-state index in [4.69, 9.17) is 4.74 Å². The first-order chi connectivity index (χ1) is 9.68. The molecule has 1 aromatic heterocycles. The van der Waals surface area contributed by atoms with Gasteiger partial charge in [-0.3, -0.25) is 4.68 Å². The van der Waals surface area contributed by atoms with E-state index in [2.05, 4.69) is 42.2 Å². The Morgan fingerprint density at radius 2 is 2.30 bits per heavy atom. The molecule has 4 nitrogen and oxygen atoms in total. The van der Waals surface area contributed by atoms with Gasteiger partial charge in [-0.15, -0.1) is 0 Å². The standard InChI is InChI=1S/C16H27N3O/c1-4-13-9-14(19(3)18-13)10-16(11-17-2)7-8-20-15(16)12-5-6-12/h9,12,15,17H,4-8,10-11H2,1-3H3. The quantitative estimate of drug-likeness (QED) is 0.863. The SMILES string of the molecule is CCc1cc(CC2(CNC)CCOC2C2CC2)n(C)n1. The van der Waals surface area contributed by atoms with Gasteiger partial charge in [-0.2, -0.15) is 5.10 Å². The summed E-state index contributed by atoms with van der Waals surface area (Å²) in [6.07, 6.45) is 6.40. The number of hydrogen-bond acceptors (Lipinski definition) is 3. The monoisotopic (exact) mass is 277 g/mol. The second-order valence-electron chi connectivity index (χ2n) is 6.55. The van der Waals surface area contributed by atoms with Crippen molar-refractivity contribution in [1.82, 2.24) is 15.1 Å². The summed E-state index contributed by atoms with van der Waals surface area (Å²) in [7, 11) is 4.13. The van der Waals surface area contributed by atoms with Gasteiger partial charge in [0.1, 0.15) is 0 Å². The second-order valence-corrected chi connectivity index (χ2v) is 6.55. The fourth-order valence-corrected chi connectivity index (χ4v) is 3.81. The van der Waals surface area contributed by atoms with Crippen LogP contribution in [-0.2, 0) is 24.6 Å². The minimum atomic E-state index is 0.259. The number of hydrogen-bond donors (Lipinski definition) is 1. The topological polar surface area (TPSA) is 39.1 Å². The summed E-state index contributed by atoms with van der Waals surface area (Å²) < 4.78 is 8.19. The number of ether oxygens (including phenoxy) is 1. The maximum Gasteiger partial charge on any atom is 0.0676 e. The molecular weight excluding hydrogens is 250 g/mol. The molecule has 112 valence electrons. The third kappa shape index (κ3) is 2.51. The Labute approximate surface area is 121 Å². The largest absolute Gasteiger partial charge is 0.377 e. The third-order valence-corrected chi connectivity index (χ3v) is 5.00. The van der Waals surface area contributed by atoms with Gasteiger partial charge in [-0.05, 0) is 51.1 Å². The zero-order chi connectivity index (χ0) is 14.2.